The molecule has 0 aromatic rings. The summed E-state index contributed by atoms with van der Waals surface area (Å²) in [5.74, 6) is 0. The maximum absolute atomic E-state index is 3.15. The Hall–Kier alpha value is 0.430. The summed E-state index contributed by atoms with van der Waals surface area (Å²) in [6, 6.07) is 0. The first-order valence-electron chi connectivity index (χ1n) is 16.6. The molecule has 0 fully saturated rings. The van der Waals surface area contributed by atoms with Gasteiger partial charge in [-0.25, -0.2) is 0 Å². The van der Waals surface area contributed by atoms with Gasteiger partial charge in [-0.15, -0.1) is 9.24 Å². The molecule has 0 bridgehead atoms. The minimum atomic E-state index is 0.884. The quantitative estimate of drug-likeness (QED) is 0.0685. The fraction of sp³-hybridized carbons (Fsp3) is 1.00. The largest absolute Gasteiger partial charge is 0.134 e. The van der Waals surface area contributed by atoms with Gasteiger partial charge < -0.3 is 0 Å². The van der Waals surface area contributed by atoms with Gasteiger partial charge in [-0.3, -0.25) is 0 Å². The van der Waals surface area contributed by atoms with Crippen LogP contribution in [-0.2, 0) is 0 Å². The highest BCUT2D eigenvalue weighted by molar-refractivity contribution is 7.17. The Bertz CT molecular complexity index is 307. The molecule has 34 heavy (non-hydrogen) atoms. The molecule has 0 heterocycles. The van der Waals surface area contributed by atoms with Gasteiger partial charge in [0.05, 0.1) is 0 Å². The first-order chi connectivity index (χ1) is 16.8. The van der Waals surface area contributed by atoms with E-state index in [1.165, 1.54) is 193 Å². The van der Waals surface area contributed by atoms with Crippen molar-refractivity contribution in [3.05, 3.63) is 0 Å². The minimum Gasteiger partial charge on any atom is -0.134 e. The zero-order valence-corrected chi connectivity index (χ0v) is 25.5. The lowest BCUT2D eigenvalue weighted by Crippen LogP contribution is -1.97. The lowest BCUT2D eigenvalue weighted by Gasteiger charge is -2.11. The molecule has 1 unspecified atom stereocenters. The summed E-state index contributed by atoms with van der Waals surface area (Å²) in [5, 5.41) is 0. The zero-order valence-electron chi connectivity index (χ0n) is 24.4. The van der Waals surface area contributed by atoms with Gasteiger partial charge in [0, 0.05) is 0 Å². The molecule has 0 radical (unpaired) electrons. The maximum atomic E-state index is 3.15. The number of hydrogen-bond donors (Lipinski definition) is 0. The molecule has 1 atom stereocenters. The highest BCUT2D eigenvalue weighted by Gasteiger charge is 2.02. The number of rotatable bonds is 30. The van der Waals surface area contributed by atoms with E-state index in [0.29, 0.717) is 0 Å². The molecule has 0 saturated carbocycles. The molecule has 0 amide bonds. The Labute approximate surface area is 221 Å². The van der Waals surface area contributed by atoms with Gasteiger partial charge in [-0.05, 0) is 18.5 Å². The molecule has 1 heteroatoms. The first kappa shape index (κ1) is 34.4. The molecule has 0 saturated heterocycles. The second kappa shape index (κ2) is 31.5. The molecule has 0 nitrogen and oxygen atoms in total. The van der Waals surface area contributed by atoms with Crippen molar-refractivity contribution in [1.29, 1.82) is 0 Å². The molecule has 0 aliphatic rings. The lowest BCUT2D eigenvalue weighted by atomic mass is 10.0. The molecule has 0 spiro atoms. The van der Waals surface area contributed by atoms with Crippen molar-refractivity contribution in [3.8, 4) is 0 Å². The fourth-order valence-electron chi connectivity index (χ4n) is 5.35. The molecular formula is C33H69P. The van der Waals surface area contributed by atoms with Gasteiger partial charge >= 0.3 is 0 Å². The van der Waals surface area contributed by atoms with E-state index in [-0.39, 0.29) is 0 Å². The third-order valence-electron chi connectivity index (χ3n) is 7.86. The normalized spacial score (nSPS) is 11.6. The number of hydrogen-bond acceptors (Lipinski definition) is 0. The van der Waals surface area contributed by atoms with Crippen LogP contribution in [0.5, 0.6) is 0 Å². The molecule has 0 aromatic heterocycles. The molecular weight excluding hydrogens is 427 g/mol. The second-order valence-electron chi connectivity index (χ2n) is 11.5. The SMILES string of the molecule is CCCCCCCCCCCCCCCCC(P)CCCCCCCCCCCCCCCC. The Morgan fingerprint density at radius 3 is 0.676 bits per heavy atom. The fourth-order valence-corrected chi connectivity index (χ4v) is 5.82. The number of unbranched alkanes of at least 4 members (excludes halogenated alkanes) is 26. The van der Waals surface area contributed by atoms with Gasteiger partial charge in [-0.2, -0.15) is 0 Å². The highest BCUT2D eigenvalue weighted by Crippen LogP contribution is 2.20. The van der Waals surface area contributed by atoms with Gasteiger partial charge in [0.2, 0.25) is 0 Å². The van der Waals surface area contributed by atoms with Crippen LogP contribution in [0.15, 0.2) is 0 Å². The monoisotopic (exact) mass is 497 g/mol. The average Bonchev–Trinajstić information content (AvgIpc) is 2.84. The van der Waals surface area contributed by atoms with E-state index >= 15 is 0 Å². The smallest absolute Gasteiger partial charge is 0.0264 e. The second-order valence-corrected chi connectivity index (χ2v) is 12.5. The van der Waals surface area contributed by atoms with Crippen LogP contribution in [0.25, 0.3) is 0 Å². The average molecular weight is 497 g/mol. The Morgan fingerprint density at radius 2 is 0.471 bits per heavy atom. The van der Waals surface area contributed by atoms with Crippen LogP contribution in [0.4, 0.5) is 0 Å². The molecule has 0 rings (SSSR count). The molecule has 0 aromatic carbocycles. The topological polar surface area (TPSA) is 0 Å². The summed E-state index contributed by atoms with van der Waals surface area (Å²) in [7, 11) is 3.15. The zero-order chi connectivity index (χ0) is 24.8. The van der Waals surface area contributed by atoms with Crippen LogP contribution in [0.1, 0.15) is 206 Å². The van der Waals surface area contributed by atoms with Gasteiger partial charge in [0.1, 0.15) is 0 Å². The van der Waals surface area contributed by atoms with E-state index in [4.69, 9.17) is 0 Å². The van der Waals surface area contributed by atoms with E-state index in [2.05, 4.69) is 23.1 Å². The van der Waals surface area contributed by atoms with Crippen LogP contribution >= 0.6 is 9.24 Å². The predicted octanol–water partition coefficient (Wildman–Crippen LogP) is 13.0. The van der Waals surface area contributed by atoms with Crippen LogP contribution in [0.3, 0.4) is 0 Å². The molecule has 0 N–H and O–H groups in total. The van der Waals surface area contributed by atoms with E-state index in [9.17, 15) is 0 Å². The van der Waals surface area contributed by atoms with Crippen molar-refractivity contribution in [2.45, 2.75) is 212 Å². The van der Waals surface area contributed by atoms with Crippen molar-refractivity contribution in [1.82, 2.24) is 0 Å². The molecule has 0 aliphatic heterocycles. The summed E-state index contributed by atoms with van der Waals surface area (Å²) in [5.41, 5.74) is 0.884. The third-order valence-corrected chi connectivity index (χ3v) is 8.52. The van der Waals surface area contributed by atoms with Gasteiger partial charge in [0.15, 0.2) is 0 Å². The maximum Gasteiger partial charge on any atom is -0.0264 e. The van der Waals surface area contributed by atoms with Crippen LogP contribution in [0.2, 0.25) is 0 Å². The van der Waals surface area contributed by atoms with Gasteiger partial charge in [0.25, 0.3) is 0 Å². The summed E-state index contributed by atoms with van der Waals surface area (Å²) in [6.07, 6.45) is 44.0. The summed E-state index contributed by atoms with van der Waals surface area (Å²) < 4.78 is 0. The van der Waals surface area contributed by atoms with E-state index in [0.717, 1.165) is 5.66 Å². The first-order valence-corrected chi connectivity index (χ1v) is 17.2. The standard InChI is InChI=1S/C33H69P/c1-3-5-7-9-11-13-15-17-19-21-23-25-27-29-31-33(34)32-30-28-26-24-22-20-18-16-14-12-10-8-6-4-2/h33H,3-32,34H2,1-2H3. The van der Waals surface area contributed by atoms with Crippen molar-refractivity contribution in [2.24, 2.45) is 0 Å². The van der Waals surface area contributed by atoms with Crippen molar-refractivity contribution < 1.29 is 0 Å². The van der Waals surface area contributed by atoms with E-state index in [1.54, 1.807) is 0 Å². The van der Waals surface area contributed by atoms with Crippen molar-refractivity contribution in [2.75, 3.05) is 0 Å². The Morgan fingerprint density at radius 1 is 0.294 bits per heavy atom. The van der Waals surface area contributed by atoms with Crippen LogP contribution in [-0.4, -0.2) is 5.66 Å². The summed E-state index contributed by atoms with van der Waals surface area (Å²) >= 11 is 0. The molecule has 206 valence electrons. The van der Waals surface area contributed by atoms with E-state index < -0.39 is 0 Å². The third kappa shape index (κ3) is 30.5. The van der Waals surface area contributed by atoms with Crippen LogP contribution < -0.4 is 0 Å². The van der Waals surface area contributed by atoms with Crippen molar-refractivity contribution >= 4 is 9.24 Å². The lowest BCUT2D eigenvalue weighted by molar-refractivity contribution is 0.516. The Kier molecular flexibility index (Phi) is 31.9. The van der Waals surface area contributed by atoms with E-state index in [1.807, 2.05) is 0 Å². The van der Waals surface area contributed by atoms with Gasteiger partial charge in [-0.1, -0.05) is 194 Å². The summed E-state index contributed by atoms with van der Waals surface area (Å²) in [4.78, 5) is 0. The molecule has 0 aliphatic carbocycles. The minimum absolute atomic E-state index is 0.884. The predicted molar refractivity (Wildman–Crippen MR) is 163 cm³/mol. The highest BCUT2D eigenvalue weighted by atomic mass is 31.0. The van der Waals surface area contributed by atoms with Crippen molar-refractivity contribution in [3.63, 3.8) is 0 Å². The summed E-state index contributed by atoms with van der Waals surface area (Å²) in [6.45, 7) is 4.61. The Balaban J connectivity index is 3.13. The van der Waals surface area contributed by atoms with Crippen LogP contribution in [0, 0.1) is 0 Å².